The Labute approximate surface area is 85.9 Å². The maximum absolute atomic E-state index is 10.6. The van der Waals surface area contributed by atoms with Crippen molar-refractivity contribution in [2.75, 3.05) is 5.75 Å². The summed E-state index contributed by atoms with van der Waals surface area (Å²) < 4.78 is 0. The molecule has 0 atom stereocenters. The lowest BCUT2D eigenvalue weighted by atomic mass is 10.4. The first-order chi connectivity index (χ1) is 6.29. The van der Waals surface area contributed by atoms with Gasteiger partial charge in [-0.3, -0.25) is 4.79 Å². The number of aldehydes is 1. The molecule has 1 aromatic rings. The highest BCUT2D eigenvalue weighted by atomic mass is 35.5. The number of thioether (sulfide) groups is 1. The quantitative estimate of drug-likeness (QED) is 0.441. The lowest BCUT2D eigenvalue weighted by Crippen LogP contribution is -1.94. The number of hydrogen-bond donors (Lipinski definition) is 0. The van der Waals surface area contributed by atoms with Gasteiger partial charge in [0.25, 0.3) is 0 Å². The van der Waals surface area contributed by atoms with E-state index in [2.05, 4.69) is 16.9 Å². The summed E-state index contributed by atoms with van der Waals surface area (Å²) in [5, 5.41) is 0.889. The van der Waals surface area contributed by atoms with Crippen molar-refractivity contribution in [3.63, 3.8) is 0 Å². The van der Waals surface area contributed by atoms with E-state index < -0.39 is 0 Å². The number of carbonyl (C=O) groups excluding carboxylic acids is 1. The standard InChI is InChI=1S/C8H9ClN2OS/c1-2-3-13-8-6(4-12)7(9)10-5-11-8/h4-5H,2-3H2,1H3. The molecule has 1 heterocycles. The number of hydrogen-bond acceptors (Lipinski definition) is 4. The van der Waals surface area contributed by atoms with Crippen molar-refractivity contribution in [3.05, 3.63) is 17.0 Å². The predicted molar refractivity (Wildman–Crippen MR) is 53.4 cm³/mol. The minimum Gasteiger partial charge on any atom is -0.298 e. The Morgan fingerprint density at radius 1 is 1.62 bits per heavy atom. The van der Waals surface area contributed by atoms with Crippen molar-refractivity contribution in [1.82, 2.24) is 9.97 Å². The van der Waals surface area contributed by atoms with E-state index in [-0.39, 0.29) is 5.15 Å². The summed E-state index contributed by atoms with van der Waals surface area (Å²) in [5.41, 5.74) is 0.391. The van der Waals surface area contributed by atoms with Gasteiger partial charge in [-0.15, -0.1) is 11.8 Å². The van der Waals surface area contributed by atoms with E-state index >= 15 is 0 Å². The van der Waals surface area contributed by atoms with Crippen LogP contribution in [0.5, 0.6) is 0 Å². The molecule has 0 fully saturated rings. The molecule has 13 heavy (non-hydrogen) atoms. The lowest BCUT2D eigenvalue weighted by molar-refractivity contribution is 0.112. The lowest BCUT2D eigenvalue weighted by Gasteiger charge is -2.02. The van der Waals surface area contributed by atoms with Crippen molar-refractivity contribution in [2.45, 2.75) is 18.4 Å². The largest absolute Gasteiger partial charge is 0.298 e. The van der Waals surface area contributed by atoms with Crippen LogP contribution in [0.2, 0.25) is 5.15 Å². The molecule has 0 radical (unpaired) electrons. The summed E-state index contributed by atoms with van der Waals surface area (Å²) >= 11 is 7.23. The zero-order valence-corrected chi connectivity index (χ0v) is 8.73. The molecule has 1 rings (SSSR count). The van der Waals surface area contributed by atoms with E-state index in [0.29, 0.717) is 16.9 Å². The predicted octanol–water partition coefficient (Wildman–Crippen LogP) is 2.44. The van der Waals surface area contributed by atoms with Crippen LogP contribution in [0.25, 0.3) is 0 Å². The Balaban J connectivity index is 2.91. The Morgan fingerprint density at radius 3 is 3.00 bits per heavy atom. The van der Waals surface area contributed by atoms with Gasteiger partial charge in [-0.25, -0.2) is 9.97 Å². The van der Waals surface area contributed by atoms with Gasteiger partial charge in [0.05, 0.1) is 5.56 Å². The van der Waals surface area contributed by atoms with E-state index in [1.54, 1.807) is 0 Å². The van der Waals surface area contributed by atoms with E-state index in [4.69, 9.17) is 11.6 Å². The molecule has 70 valence electrons. The van der Waals surface area contributed by atoms with Crippen LogP contribution in [0.15, 0.2) is 11.4 Å². The van der Waals surface area contributed by atoms with Crippen LogP contribution in [-0.4, -0.2) is 22.0 Å². The molecule has 0 saturated carbocycles. The van der Waals surface area contributed by atoms with E-state index in [1.165, 1.54) is 18.1 Å². The van der Waals surface area contributed by atoms with Crippen molar-refractivity contribution in [2.24, 2.45) is 0 Å². The van der Waals surface area contributed by atoms with Gasteiger partial charge in [-0.05, 0) is 12.2 Å². The molecule has 0 N–H and O–H groups in total. The van der Waals surface area contributed by atoms with Gasteiger partial charge >= 0.3 is 0 Å². The van der Waals surface area contributed by atoms with Crippen molar-refractivity contribution < 1.29 is 4.79 Å². The van der Waals surface area contributed by atoms with Gasteiger partial charge in [0.1, 0.15) is 16.5 Å². The minimum absolute atomic E-state index is 0.226. The van der Waals surface area contributed by atoms with Gasteiger partial charge < -0.3 is 0 Å². The first-order valence-corrected chi connectivity index (χ1v) is 5.24. The second kappa shape index (κ2) is 5.19. The van der Waals surface area contributed by atoms with Gasteiger partial charge in [0.2, 0.25) is 0 Å². The SMILES string of the molecule is CCCSc1ncnc(Cl)c1C=O. The highest BCUT2D eigenvalue weighted by Gasteiger charge is 2.08. The smallest absolute Gasteiger partial charge is 0.155 e. The minimum atomic E-state index is 0.226. The summed E-state index contributed by atoms with van der Waals surface area (Å²) in [6.07, 6.45) is 3.10. The van der Waals surface area contributed by atoms with Crippen LogP contribution in [-0.2, 0) is 0 Å². The summed E-state index contributed by atoms with van der Waals surface area (Å²) in [7, 11) is 0. The zero-order chi connectivity index (χ0) is 9.68. The van der Waals surface area contributed by atoms with Crippen molar-refractivity contribution in [1.29, 1.82) is 0 Å². The molecule has 0 bridgehead atoms. The van der Waals surface area contributed by atoms with Crippen LogP contribution in [0.3, 0.4) is 0 Å². The molecule has 3 nitrogen and oxygen atoms in total. The van der Waals surface area contributed by atoms with Crippen LogP contribution >= 0.6 is 23.4 Å². The Bertz CT molecular complexity index is 306. The molecule has 0 unspecified atom stereocenters. The monoisotopic (exact) mass is 216 g/mol. The molecule has 1 aromatic heterocycles. The molecule has 5 heteroatoms. The first-order valence-electron chi connectivity index (χ1n) is 3.88. The van der Waals surface area contributed by atoms with Crippen LogP contribution in [0.4, 0.5) is 0 Å². The van der Waals surface area contributed by atoms with Crippen LogP contribution in [0, 0.1) is 0 Å². The molecule has 0 aliphatic rings. The van der Waals surface area contributed by atoms with E-state index in [9.17, 15) is 4.79 Å². The Kier molecular flexibility index (Phi) is 4.18. The summed E-state index contributed by atoms with van der Waals surface area (Å²) in [4.78, 5) is 18.3. The number of carbonyl (C=O) groups is 1. The highest BCUT2D eigenvalue weighted by Crippen LogP contribution is 2.23. The number of nitrogens with zero attached hydrogens (tertiary/aromatic N) is 2. The van der Waals surface area contributed by atoms with E-state index in [1.807, 2.05) is 0 Å². The summed E-state index contributed by atoms with van der Waals surface area (Å²) in [5.74, 6) is 0.925. The topological polar surface area (TPSA) is 42.9 Å². The third-order valence-corrected chi connectivity index (χ3v) is 2.87. The van der Waals surface area contributed by atoms with Crippen molar-refractivity contribution >= 4 is 29.6 Å². The van der Waals surface area contributed by atoms with Gasteiger partial charge in [0, 0.05) is 0 Å². The fourth-order valence-electron chi connectivity index (χ4n) is 0.772. The second-order valence-corrected chi connectivity index (χ2v) is 3.79. The fourth-order valence-corrected chi connectivity index (χ4v) is 1.83. The maximum Gasteiger partial charge on any atom is 0.155 e. The van der Waals surface area contributed by atoms with Crippen LogP contribution in [0.1, 0.15) is 23.7 Å². The number of halogens is 1. The Morgan fingerprint density at radius 2 is 2.38 bits per heavy atom. The van der Waals surface area contributed by atoms with Crippen LogP contribution < -0.4 is 0 Å². The second-order valence-electron chi connectivity index (χ2n) is 2.35. The summed E-state index contributed by atoms with van der Waals surface area (Å²) in [6.45, 7) is 2.07. The maximum atomic E-state index is 10.6. The normalized spacial score (nSPS) is 10.0. The number of rotatable bonds is 4. The Hall–Kier alpha value is -0.610. The zero-order valence-electron chi connectivity index (χ0n) is 7.16. The third kappa shape index (κ3) is 2.67. The fraction of sp³-hybridized carbons (Fsp3) is 0.375. The molecule has 0 aromatic carbocycles. The molecule has 0 aliphatic heterocycles. The number of aromatic nitrogens is 2. The molecule has 0 amide bonds. The first kappa shape index (κ1) is 10.5. The molecule has 0 spiro atoms. The molecular weight excluding hydrogens is 208 g/mol. The third-order valence-electron chi connectivity index (χ3n) is 1.36. The van der Waals surface area contributed by atoms with Crippen molar-refractivity contribution in [3.8, 4) is 0 Å². The van der Waals surface area contributed by atoms with Gasteiger partial charge in [-0.1, -0.05) is 18.5 Å². The summed E-state index contributed by atoms with van der Waals surface area (Å²) in [6, 6.07) is 0. The molecule has 0 saturated heterocycles. The average molecular weight is 217 g/mol. The molecule has 0 aliphatic carbocycles. The van der Waals surface area contributed by atoms with Gasteiger partial charge in [-0.2, -0.15) is 0 Å². The van der Waals surface area contributed by atoms with Gasteiger partial charge in [0.15, 0.2) is 6.29 Å². The molecular formula is C8H9ClN2OS. The average Bonchev–Trinajstić information content (AvgIpc) is 2.15. The van der Waals surface area contributed by atoms with E-state index in [0.717, 1.165) is 12.2 Å². The highest BCUT2D eigenvalue weighted by molar-refractivity contribution is 7.99.